The summed E-state index contributed by atoms with van der Waals surface area (Å²) in [7, 11) is 0. The SMILES string of the molecule is C=C(N)c1c(C)nc(Cc2cc(Cl)c(F)c(C(=O)N3CCOC(C)C3)c2OC(C)C)n1/C=C\C. The van der Waals surface area contributed by atoms with E-state index < -0.39 is 11.7 Å². The number of aromatic nitrogens is 2. The summed E-state index contributed by atoms with van der Waals surface area (Å²) in [6, 6.07) is 1.49. The number of carbonyl (C=O) groups is 1. The average Bonchev–Trinajstić information content (AvgIpc) is 3.06. The van der Waals surface area contributed by atoms with E-state index in [2.05, 4.69) is 11.6 Å². The van der Waals surface area contributed by atoms with Crippen LogP contribution in [-0.4, -0.2) is 52.3 Å². The first kappa shape index (κ1) is 25.8. The molecule has 1 aliphatic rings. The van der Waals surface area contributed by atoms with E-state index in [-0.39, 0.29) is 35.0 Å². The quantitative estimate of drug-likeness (QED) is 0.611. The molecule has 1 aromatic carbocycles. The number of imidazole rings is 1. The summed E-state index contributed by atoms with van der Waals surface area (Å²) in [5.74, 6) is -0.473. The zero-order valence-corrected chi connectivity index (χ0v) is 21.1. The highest BCUT2D eigenvalue weighted by molar-refractivity contribution is 6.31. The molecule has 1 atom stereocenters. The van der Waals surface area contributed by atoms with Gasteiger partial charge in [-0.05, 0) is 40.7 Å². The van der Waals surface area contributed by atoms with Crippen LogP contribution in [0.25, 0.3) is 11.9 Å². The number of halogens is 2. The average molecular weight is 491 g/mol. The molecule has 184 valence electrons. The smallest absolute Gasteiger partial charge is 0.260 e. The van der Waals surface area contributed by atoms with E-state index in [0.717, 1.165) is 0 Å². The molecule has 2 N–H and O–H groups in total. The Morgan fingerprint density at radius 3 is 2.79 bits per heavy atom. The third-order valence-electron chi connectivity index (χ3n) is 5.45. The summed E-state index contributed by atoms with van der Waals surface area (Å²) < 4.78 is 28.8. The zero-order chi connectivity index (χ0) is 25.2. The highest BCUT2D eigenvalue weighted by Gasteiger charge is 2.31. The van der Waals surface area contributed by atoms with Crippen LogP contribution >= 0.6 is 11.6 Å². The van der Waals surface area contributed by atoms with Gasteiger partial charge in [-0.15, -0.1) is 0 Å². The molecule has 1 aromatic heterocycles. The van der Waals surface area contributed by atoms with E-state index in [9.17, 15) is 4.79 Å². The number of benzene rings is 1. The molecule has 1 unspecified atom stereocenters. The van der Waals surface area contributed by atoms with Crippen molar-refractivity contribution in [1.82, 2.24) is 14.5 Å². The van der Waals surface area contributed by atoms with Gasteiger partial charge in [-0.25, -0.2) is 9.37 Å². The van der Waals surface area contributed by atoms with Crippen LogP contribution in [0.1, 0.15) is 60.8 Å². The molecule has 9 heteroatoms. The van der Waals surface area contributed by atoms with Gasteiger partial charge in [-0.1, -0.05) is 24.3 Å². The Bertz CT molecular complexity index is 1130. The highest BCUT2D eigenvalue weighted by Crippen LogP contribution is 2.36. The number of carbonyl (C=O) groups excluding carboxylic acids is 1. The molecule has 1 amide bonds. The van der Waals surface area contributed by atoms with Gasteiger partial charge in [0.25, 0.3) is 5.91 Å². The van der Waals surface area contributed by atoms with Gasteiger partial charge in [0.1, 0.15) is 17.1 Å². The van der Waals surface area contributed by atoms with Gasteiger partial charge >= 0.3 is 0 Å². The maximum absolute atomic E-state index is 15.4. The Morgan fingerprint density at radius 1 is 1.50 bits per heavy atom. The van der Waals surface area contributed by atoms with Crippen molar-refractivity contribution in [2.75, 3.05) is 19.7 Å². The Balaban J connectivity index is 2.16. The summed E-state index contributed by atoms with van der Waals surface area (Å²) in [4.78, 5) is 19.7. The van der Waals surface area contributed by atoms with Crippen LogP contribution in [0.2, 0.25) is 5.02 Å². The van der Waals surface area contributed by atoms with E-state index in [1.807, 2.05) is 51.5 Å². The van der Waals surface area contributed by atoms with Gasteiger partial charge in [0.2, 0.25) is 0 Å². The number of aryl methyl sites for hydroxylation is 1. The van der Waals surface area contributed by atoms with Gasteiger partial charge in [-0.3, -0.25) is 4.79 Å². The lowest BCUT2D eigenvalue weighted by molar-refractivity contribution is -0.0127. The summed E-state index contributed by atoms with van der Waals surface area (Å²) in [5, 5.41) is -0.153. The van der Waals surface area contributed by atoms with Crippen molar-refractivity contribution in [1.29, 1.82) is 0 Å². The van der Waals surface area contributed by atoms with Crippen LogP contribution < -0.4 is 10.5 Å². The largest absolute Gasteiger partial charge is 0.490 e. The lowest BCUT2D eigenvalue weighted by Crippen LogP contribution is -2.45. The number of rotatable bonds is 7. The van der Waals surface area contributed by atoms with Crippen molar-refractivity contribution in [3.8, 4) is 5.75 Å². The zero-order valence-electron chi connectivity index (χ0n) is 20.3. The van der Waals surface area contributed by atoms with Crippen molar-refractivity contribution in [3.63, 3.8) is 0 Å². The minimum absolute atomic E-state index is 0.145. The van der Waals surface area contributed by atoms with E-state index in [0.29, 0.717) is 48.2 Å². The predicted octanol–water partition coefficient (Wildman–Crippen LogP) is 4.64. The van der Waals surface area contributed by atoms with Crippen LogP contribution in [0.3, 0.4) is 0 Å². The fraction of sp³-hybridized carbons (Fsp3) is 0.440. The monoisotopic (exact) mass is 490 g/mol. The van der Waals surface area contributed by atoms with Crippen LogP contribution in [0.5, 0.6) is 5.75 Å². The maximum atomic E-state index is 15.4. The predicted molar refractivity (Wildman–Crippen MR) is 132 cm³/mol. The van der Waals surface area contributed by atoms with E-state index in [1.54, 1.807) is 4.90 Å². The number of amides is 1. The molecule has 2 aromatic rings. The molecule has 1 saturated heterocycles. The van der Waals surface area contributed by atoms with E-state index in [4.69, 9.17) is 26.8 Å². The van der Waals surface area contributed by atoms with Crippen LogP contribution in [0.4, 0.5) is 4.39 Å². The third kappa shape index (κ3) is 5.28. The van der Waals surface area contributed by atoms with E-state index >= 15 is 4.39 Å². The summed E-state index contributed by atoms with van der Waals surface area (Å²) in [5.41, 5.74) is 8.15. The van der Waals surface area contributed by atoms with Crippen molar-refractivity contribution >= 4 is 29.4 Å². The van der Waals surface area contributed by atoms with E-state index in [1.165, 1.54) is 6.07 Å². The molecule has 1 fully saturated rings. The number of hydrogen-bond acceptors (Lipinski definition) is 5. The lowest BCUT2D eigenvalue weighted by atomic mass is 10.0. The number of nitrogens with two attached hydrogens (primary N) is 1. The molecule has 34 heavy (non-hydrogen) atoms. The first-order chi connectivity index (χ1) is 16.0. The Kier molecular flexibility index (Phi) is 8.05. The Morgan fingerprint density at radius 2 is 2.21 bits per heavy atom. The minimum Gasteiger partial charge on any atom is -0.490 e. The van der Waals surface area contributed by atoms with Gasteiger partial charge < -0.3 is 24.7 Å². The second kappa shape index (κ2) is 10.6. The summed E-state index contributed by atoms with van der Waals surface area (Å²) in [6.07, 6.45) is 3.48. The molecule has 2 heterocycles. The molecule has 0 saturated carbocycles. The maximum Gasteiger partial charge on any atom is 0.260 e. The standard InChI is InChI=1S/C25H32ClFN4O3/c1-7-8-31-20(29-17(6)23(31)16(5)28)12-18-11-19(26)22(27)21(24(18)34-14(2)3)25(32)30-9-10-33-15(4)13-30/h7-8,11,14-15H,5,9-10,12-13,28H2,1-4,6H3/b8-7-. The summed E-state index contributed by atoms with van der Waals surface area (Å²) in [6.45, 7) is 14.2. The van der Waals surface area contributed by atoms with Crippen LogP contribution in [0, 0.1) is 12.7 Å². The summed E-state index contributed by atoms with van der Waals surface area (Å²) >= 11 is 6.29. The second-order valence-corrected chi connectivity index (χ2v) is 9.06. The molecule has 0 bridgehead atoms. The minimum atomic E-state index is -0.797. The normalized spacial score (nSPS) is 16.5. The van der Waals surface area contributed by atoms with Crippen LogP contribution in [0.15, 0.2) is 18.7 Å². The fourth-order valence-corrected chi connectivity index (χ4v) is 4.34. The van der Waals surface area contributed by atoms with Crippen molar-refractivity contribution in [2.45, 2.75) is 53.2 Å². The first-order valence-corrected chi connectivity index (χ1v) is 11.7. The molecule has 7 nitrogen and oxygen atoms in total. The Labute approximate surface area is 205 Å². The molecule has 0 radical (unpaired) electrons. The second-order valence-electron chi connectivity index (χ2n) is 8.65. The topological polar surface area (TPSA) is 82.6 Å². The first-order valence-electron chi connectivity index (χ1n) is 11.3. The number of nitrogens with zero attached hydrogens (tertiary/aromatic N) is 3. The highest BCUT2D eigenvalue weighted by atomic mass is 35.5. The molecule has 3 rings (SSSR count). The fourth-order valence-electron chi connectivity index (χ4n) is 4.11. The van der Waals surface area contributed by atoms with Gasteiger partial charge in [0.15, 0.2) is 5.82 Å². The number of hydrogen-bond donors (Lipinski definition) is 1. The molecule has 0 aliphatic carbocycles. The van der Waals surface area contributed by atoms with Crippen molar-refractivity contribution in [2.24, 2.45) is 5.73 Å². The number of morpholine rings is 1. The van der Waals surface area contributed by atoms with Crippen molar-refractivity contribution < 1.29 is 18.7 Å². The Hall–Kier alpha value is -2.84. The molecular weight excluding hydrogens is 459 g/mol. The third-order valence-corrected chi connectivity index (χ3v) is 5.73. The molecule has 0 spiro atoms. The van der Waals surface area contributed by atoms with Crippen molar-refractivity contribution in [3.05, 3.63) is 57.9 Å². The molecule has 1 aliphatic heterocycles. The number of allylic oxidation sites excluding steroid dienone is 1. The number of ether oxygens (including phenoxy) is 2. The van der Waals surface area contributed by atoms with Gasteiger partial charge in [0, 0.05) is 31.3 Å². The van der Waals surface area contributed by atoms with Gasteiger partial charge in [0.05, 0.1) is 40.9 Å². The lowest BCUT2D eigenvalue weighted by Gasteiger charge is -2.32. The van der Waals surface area contributed by atoms with Gasteiger partial charge in [-0.2, -0.15) is 0 Å². The van der Waals surface area contributed by atoms with Crippen LogP contribution in [-0.2, 0) is 11.2 Å². The molecular formula is C25H32ClFN4O3.